The number of hydrogen-bond acceptors (Lipinski definition) is 1. The number of halogens is 3. The summed E-state index contributed by atoms with van der Waals surface area (Å²) in [5.74, 6) is 0.0266. The smallest absolute Gasteiger partial charge is 0.278 e. The average Bonchev–Trinajstić information content (AvgIpc) is 2.04. The molecular weight excluding hydrogens is 188 g/mol. The van der Waals surface area contributed by atoms with Gasteiger partial charge in [0, 0.05) is 5.56 Å². The molecule has 0 bridgehead atoms. The molecule has 0 saturated carbocycles. The summed E-state index contributed by atoms with van der Waals surface area (Å²) >= 11 is 5.36. The molecule has 0 aliphatic carbocycles. The van der Waals surface area contributed by atoms with E-state index in [1.54, 1.807) is 0 Å². The van der Waals surface area contributed by atoms with Crippen molar-refractivity contribution in [2.24, 2.45) is 0 Å². The lowest BCUT2D eigenvalue weighted by Gasteiger charge is -1.99. The van der Waals surface area contributed by atoms with E-state index in [4.69, 9.17) is 11.6 Å². The average molecular weight is 194 g/mol. The van der Waals surface area contributed by atoms with Crippen LogP contribution in [0.5, 0.6) is 0 Å². The maximum absolute atomic E-state index is 12.0. The molecular formula is C7H6ClF2NO. The Morgan fingerprint density at radius 1 is 1.50 bits per heavy atom. The Morgan fingerprint density at radius 3 is 2.58 bits per heavy atom. The highest BCUT2D eigenvalue weighted by Gasteiger charge is 2.08. The van der Waals surface area contributed by atoms with Crippen molar-refractivity contribution < 1.29 is 8.78 Å². The van der Waals surface area contributed by atoms with Crippen molar-refractivity contribution in [2.45, 2.75) is 12.3 Å². The van der Waals surface area contributed by atoms with Crippen LogP contribution in [0.1, 0.15) is 17.7 Å². The van der Waals surface area contributed by atoms with Gasteiger partial charge in [0.1, 0.15) is 0 Å². The van der Waals surface area contributed by atoms with E-state index < -0.39 is 12.0 Å². The number of aromatic amines is 1. The number of aromatic nitrogens is 1. The van der Waals surface area contributed by atoms with Crippen molar-refractivity contribution in [3.8, 4) is 0 Å². The van der Waals surface area contributed by atoms with Crippen molar-refractivity contribution in [1.29, 1.82) is 0 Å². The van der Waals surface area contributed by atoms with Gasteiger partial charge in [0.25, 0.3) is 12.0 Å². The maximum Gasteiger partial charge on any atom is 0.278 e. The van der Waals surface area contributed by atoms with E-state index in [0.717, 1.165) is 6.07 Å². The molecule has 0 amide bonds. The highest BCUT2D eigenvalue weighted by molar-refractivity contribution is 6.17. The Hall–Kier alpha value is -0.900. The predicted molar refractivity (Wildman–Crippen MR) is 41.6 cm³/mol. The van der Waals surface area contributed by atoms with Crippen molar-refractivity contribution >= 4 is 11.6 Å². The highest BCUT2D eigenvalue weighted by atomic mass is 35.5. The van der Waals surface area contributed by atoms with Crippen LogP contribution in [0.4, 0.5) is 8.78 Å². The second kappa shape index (κ2) is 3.67. The summed E-state index contributed by atoms with van der Waals surface area (Å²) in [6, 6.07) is 2.46. The number of H-pyrrole nitrogens is 1. The molecule has 0 atom stereocenters. The van der Waals surface area contributed by atoms with E-state index in [9.17, 15) is 13.6 Å². The van der Waals surface area contributed by atoms with Crippen LogP contribution in [-0.2, 0) is 5.88 Å². The molecule has 1 rings (SSSR count). The third-order valence-electron chi connectivity index (χ3n) is 1.39. The Kier molecular flexibility index (Phi) is 2.81. The molecule has 66 valence electrons. The van der Waals surface area contributed by atoms with Crippen LogP contribution in [-0.4, -0.2) is 4.98 Å². The van der Waals surface area contributed by atoms with Gasteiger partial charge in [-0.2, -0.15) is 0 Å². The fourth-order valence-corrected chi connectivity index (χ4v) is 0.962. The van der Waals surface area contributed by atoms with E-state index in [1.807, 2.05) is 4.98 Å². The van der Waals surface area contributed by atoms with Gasteiger partial charge in [-0.15, -0.1) is 11.6 Å². The summed E-state index contributed by atoms with van der Waals surface area (Å²) in [5, 5.41) is 0. The molecule has 1 N–H and O–H groups in total. The molecule has 0 radical (unpaired) electrons. The molecule has 2 nitrogen and oxygen atoms in total. The van der Waals surface area contributed by atoms with E-state index >= 15 is 0 Å². The second-order valence-electron chi connectivity index (χ2n) is 2.20. The number of hydrogen-bond donors (Lipinski definition) is 1. The molecule has 1 aromatic rings. The first-order chi connectivity index (χ1) is 5.65. The highest BCUT2D eigenvalue weighted by Crippen LogP contribution is 2.14. The topological polar surface area (TPSA) is 32.9 Å². The lowest BCUT2D eigenvalue weighted by atomic mass is 10.3. The van der Waals surface area contributed by atoms with Gasteiger partial charge in [-0.3, -0.25) is 4.79 Å². The first kappa shape index (κ1) is 9.19. The van der Waals surface area contributed by atoms with Gasteiger partial charge >= 0.3 is 0 Å². The number of nitrogens with one attached hydrogen (secondary N) is 1. The van der Waals surface area contributed by atoms with Crippen molar-refractivity contribution in [2.75, 3.05) is 0 Å². The molecule has 5 heteroatoms. The predicted octanol–water partition coefficient (Wildman–Crippen LogP) is 2.05. The zero-order valence-corrected chi connectivity index (χ0v) is 6.74. The Balaban J connectivity index is 3.11. The largest absolute Gasteiger partial charge is 0.321 e. The Bertz CT molecular complexity index is 323. The van der Waals surface area contributed by atoms with Crippen LogP contribution in [0.15, 0.2) is 16.9 Å². The SMILES string of the molecule is O=c1[nH]c(C(F)F)ccc1CCl. The summed E-state index contributed by atoms with van der Waals surface area (Å²) in [5.41, 5.74) is -0.641. The van der Waals surface area contributed by atoms with Crippen LogP contribution < -0.4 is 5.56 Å². The molecule has 0 aliphatic heterocycles. The summed E-state index contributed by atoms with van der Waals surface area (Å²) < 4.78 is 24.0. The first-order valence-electron chi connectivity index (χ1n) is 3.21. The molecule has 1 heterocycles. The lowest BCUT2D eigenvalue weighted by Crippen LogP contribution is -2.13. The summed E-state index contributed by atoms with van der Waals surface area (Å²) in [6.07, 6.45) is -2.65. The van der Waals surface area contributed by atoms with E-state index in [0.29, 0.717) is 5.56 Å². The minimum absolute atomic E-state index is 0.0266. The van der Waals surface area contributed by atoms with E-state index in [2.05, 4.69) is 0 Å². The zero-order valence-electron chi connectivity index (χ0n) is 5.98. The first-order valence-corrected chi connectivity index (χ1v) is 3.75. The number of alkyl halides is 3. The standard InChI is InChI=1S/C7H6ClF2NO/c8-3-4-1-2-5(6(9)10)11-7(4)12/h1-2,6H,3H2,(H,11,12). The van der Waals surface area contributed by atoms with Gasteiger partial charge in [0.05, 0.1) is 11.6 Å². The van der Waals surface area contributed by atoms with Gasteiger partial charge in [0.2, 0.25) is 0 Å². The van der Waals surface area contributed by atoms with Crippen LogP contribution in [0.3, 0.4) is 0 Å². The van der Waals surface area contributed by atoms with Gasteiger partial charge < -0.3 is 4.98 Å². The fourth-order valence-electron chi connectivity index (χ4n) is 0.752. The molecule has 12 heavy (non-hydrogen) atoms. The zero-order chi connectivity index (χ0) is 9.14. The Labute approximate surface area is 72.2 Å². The van der Waals surface area contributed by atoms with Crippen LogP contribution in [0.25, 0.3) is 0 Å². The molecule has 0 fully saturated rings. The van der Waals surface area contributed by atoms with Gasteiger partial charge in [-0.05, 0) is 6.07 Å². The fraction of sp³-hybridized carbons (Fsp3) is 0.286. The lowest BCUT2D eigenvalue weighted by molar-refractivity contribution is 0.146. The van der Waals surface area contributed by atoms with Crippen LogP contribution in [0.2, 0.25) is 0 Å². The monoisotopic (exact) mass is 193 g/mol. The normalized spacial score (nSPS) is 10.7. The van der Waals surface area contributed by atoms with Gasteiger partial charge in [-0.1, -0.05) is 6.07 Å². The van der Waals surface area contributed by atoms with Gasteiger partial charge in [-0.25, -0.2) is 8.78 Å². The minimum atomic E-state index is -2.65. The molecule has 0 aliphatic rings. The van der Waals surface area contributed by atoms with Crippen molar-refractivity contribution in [1.82, 2.24) is 4.98 Å². The molecule has 1 aromatic heterocycles. The third kappa shape index (κ3) is 1.82. The summed E-state index contributed by atoms with van der Waals surface area (Å²) in [7, 11) is 0. The third-order valence-corrected chi connectivity index (χ3v) is 1.68. The van der Waals surface area contributed by atoms with Crippen molar-refractivity contribution in [3.63, 3.8) is 0 Å². The molecule has 0 spiro atoms. The quantitative estimate of drug-likeness (QED) is 0.717. The Morgan fingerprint density at radius 2 is 2.17 bits per heavy atom. The number of pyridine rings is 1. The minimum Gasteiger partial charge on any atom is -0.321 e. The van der Waals surface area contributed by atoms with Gasteiger partial charge in [0.15, 0.2) is 0 Å². The maximum atomic E-state index is 12.0. The summed E-state index contributed by atoms with van der Waals surface area (Å²) in [6.45, 7) is 0. The molecule has 0 saturated heterocycles. The summed E-state index contributed by atoms with van der Waals surface area (Å²) in [4.78, 5) is 12.9. The molecule has 0 unspecified atom stereocenters. The molecule has 0 aromatic carbocycles. The second-order valence-corrected chi connectivity index (χ2v) is 2.47. The van der Waals surface area contributed by atoms with Crippen LogP contribution >= 0.6 is 11.6 Å². The number of rotatable bonds is 2. The van der Waals surface area contributed by atoms with Crippen LogP contribution in [0, 0.1) is 0 Å². The van der Waals surface area contributed by atoms with Crippen molar-refractivity contribution in [3.05, 3.63) is 33.7 Å². The van der Waals surface area contributed by atoms with E-state index in [-0.39, 0.29) is 11.6 Å². The van der Waals surface area contributed by atoms with E-state index in [1.165, 1.54) is 6.07 Å².